The van der Waals surface area contributed by atoms with E-state index < -0.39 is 24.5 Å². The lowest BCUT2D eigenvalue weighted by atomic mass is 9.50. The van der Waals surface area contributed by atoms with Gasteiger partial charge >= 0.3 is 6.09 Å². The summed E-state index contributed by atoms with van der Waals surface area (Å²) in [5, 5.41) is 17.9. The van der Waals surface area contributed by atoms with Gasteiger partial charge in [-0.05, 0) is 44.1 Å². The Morgan fingerprint density at radius 3 is 2.88 bits per heavy atom. The van der Waals surface area contributed by atoms with Crippen LogP contribution >= 0.6 is 0 Å². The molecule has 4 saturated carbocycles. The Balaban J connectivity index is 1.02. The van der Waals surface area contributed by atoms with Gasteiger partial charge in [-0.2, -0.15) is 10.2 Å². The number of H-pyrrole nitrogens is 1. The quantitative estimate of drug-likeness (QED) is 0.508. The second kappa shape index (κ2) is 7.39. The molecule has 178 valence electrons. The minimum Gasteiger partial charge on any atom is -0.441 e. The Morgan fingerprint density at radius 1 is 1.29 bits per heavy atom. The molecule has 1 aliphatic heterocycles. The summed E-state index contributed by atoms with van der Waals surface area (Å²) in [6, 6.07) is 3.75. The van der Waals surface area contributed by atoms with Crippen LogP contribution in [0.2, 0.25) is 0 Å². The summed E-state index contributed by atoms with van der Waals surface area (Å²) in [6.45, 7) is -0.00269. The van der Waals surface area contributed by atoms with Gasteiger partial charge in [0.25, 0.3) is 0 Å². The number of amides is 1. The summed E-state index contributed by atoms with van der Waals surface area (Å²) in [4.78, 5) is 16.6. The van der Waals surface area contributed by atoms with E-state index in [9.17, 15) is 4.79 Å². The highest BCUT2D eigenvalue weighted by atomic mass is 19.1. The number of carbonyl (C=O) groups is 1. The van der Waals surface area contributed by atoms with E-state index in [1.165, 1.54) is 19.3 Å². The first-order valence-electron chi connectivity index (χ1n) is 12.0. The molecule has 34 heavy (non-hydrogen) atoms. The topological polar surface area (TPSA) is 118 Å². The zero-order valence-corrected chi connectivity index (χ0v) is 18.5. The van der Waals surface area contributed by atoms with Crippen LogP contribution in [0.3, 0.4) is 0 Å². The van der Waals surface area contributed by atoms with Crippen molar-refractivity contribution in [2.45, 2.75) is 68.4 Å². The largest absolute Gasteiger partial charge is 0.441 e. The number of hydrogen-bond donors (Lipinski definition) is 3. The third-order valence-electron chi connectivity index (χ3n) is 7.83. The highest BCUT2D eigenvalue weighted by Crippen LogP contribution is 2.57. The van der Waals surface area contributed by atoms with Crippen LogP contribution in [0, 0.1) is 5.92 Å². The van der Waals surface area contributed by atoms with Crippen molar-refractivity contribution >= 4 is 23.2 Å². The summed E-state index contributed by atoms with van der Waals surface area (Å²) in [6.07, 6.45) is 6.18. The zero-order valence-electron chi connectivity index (χ0n) is 18.5. The standard InChI is InChI=1S/C23H26FN7O3/c24-19-17(34-22(32)27-23-8-12(9-23)10-23)11-33-20(19)15-7-18(29-28-15)26-21-16-6-14(13-2-1-3-13)30-31(16)5-4-25-21/h4-7,12-13,17,19-20H,1-3,8-11H2,(H,27,32)(H2,25,26,28,29)/t12?,17-,19-,20-,23?/m0/s1. The Labute approximate surface area is 194 Å². The molecule has 11 heteroatoms. The average Bonchev–Trinajstić information content (AvgIpc) is 3.43. The van der Waals surface area contributed by atoms with Crippen molar-refractivity contribution in [1.82, 2.24) is 30.1 Å². The van der Waals surface area contributed by atoms with E-state index in [1.807, 2.05) is 10.7 Å². The Bertz CT molecular complexity index is 1240. The van der Waals surface area contributed by atoms with Gasteiger partial charge in [0.2, 0.25) is 0 Å². The fourth-order valence-corrected chi connectivity index (χ4v) is 5.56. The molecule has 0 radical (unpaired) electrons. The van der Waals surface area contributed by atoms with Crippen LogP contribution in [-0.4, -0.2) is 55.3 Å². The van der Waals surface area contributed by atoms with Gasteiger partial charge in [-0.1, -0.05) is 6.42 Å². The van der Waals surface area contributed by atoms with E-state index in [0.29, 0.717) is 23.2 Å². The molecule has 1 saturated heterocycles. The number of hydrogen-bond acceptors (Lipinski definition) is 7. The third kappa shape index (κ3) is 3.24. The fraction of sp³-hybridized carbons (Fsp3) is 0.565. The summed E-state index contributed by atoms with van der Waals surface area (Å²) < 4.78 is 27.8. The van der Waals surface area contributed by atoms with Crippen LogP contribution in [0.1, 0.15) is 61.9 Å². The number of carbonyl (C=O) groups excluding carboxylic acids is 1. The number of alkyl halides is 1. The molecule has 3 N–H and O–H groups in total. The van der Waals surface area contributed by atoms with E-state index in [0.717, 1.165) is 36.4 Å². The maximum atomic E-state index is 15.1. The molecule has 3 aromatic heterocycles. The van der Waals surface area contributed by atoms with Crippen molar-refractivity contribution in [1.29, 1.82) is 0 Å². The third-order valence-corrected chi connectivity index (χ3v) is 7.83. The Morgan fingerprint density at radius 2 is 2.15 bits per heavy atom. The normalized spacial score (nSPS) is 32.0. The maximum Gasteiger partial charge on any atom is 0.408 e. The summed E-state index contributed by atoms with van der Waals surface area (Å²) in [7, 11) is 0. The number of nitrogens with zero attached hydrogens (tertiary/aromatic N) is 4. The molecule has 1 amide bonds. The molecule has 3 aromatic rings. The van der Waals surface area contributed by atoms with E-state index >= 15 is 4.39 Å². The van der Waals surface area contributed by atoms with Crippen molar-refractivity contribution in [2.24, 2.45) is 5.92 Å². The summed E-state index contributed by atoms with van der Waals surface area (Å²) >= 11 is 0. The van der Waals surface area contributed by atoms with E-state index in [4.69, 9.17) is 9.47 Å². The number of halogens is 1. The molecular weight excluding hydrogens is 441 g/mol. The van der Waals surface area contributed by atoms with Crippen molar-refractivity contribution in [2.75, 3.05) is 11.9 Å². The number of aromatic amines is 1. The van der Waals surface area contributed by atoms with Crippen LogP contribution in [-0.2, 0) is 9.47 Å². The number of anilines is 2. The van der Waals surface area contributed by atoms with Crippen LogP contribution < -0.4 is 10.6 Å². The van der Waals surface area contributed by atoms with Gasteiger partial charge in [0.15, 0.2) is 23.9 Å². The Kier molecular flexibility index (Phi) is 4.39. The van der Waals surface area contributed by atoms with Gasteiger partial charge in [0.1, 0.15) is 11.6 Å². The van der Waals surface area contributed by atoms with Crippen molar-refractivity contribution in [3.63, 3.8) is 0 Å². The van der Waals surface area contributed by atoms with Crippen molar-refractivity contribution < 1.29 is 18.7 Å². The van der Waals surface area contributed by atoms with Crippen LogP contribution in [0.4, 0.5) is 20.8 Å². The average molecular weight is 468 g/mol. The number of alkyl carbamates (subject to hydrolysis) is 1. The second-order valence-electron chi connectivity index (χ2n) is 10.2. The molecule has 0 unspecified atom stereocenters. The van der Waals surface area contributed by atoms with Crippen LogP contribution in [0.15, 0.2) is 24.5 Å². The molecule has 0 spiro atoms. The first-order valence-corrected chi connectivity index (χ1v) is 12.0. The summed E-state index contributed by atoms with van der Waals surface area (Å²) in [5.41, 5.74) is 2.30. The fourth-order valence-electron chi connectivity index (χ4n) is 5.56. The highest BCUT2D eigenvalue weighted by molar-refractivity contribution is 5.72. The van der Waals surface area contributed by atoms with Crippen molar-refractivity contribution in [3.8, 4) is 0 Å². The number of nitrogens with one attached hydrogen (secondary N) is 3. The second-order valence-corrected chi connectivity index (χ2v) is 10.2. The first kappa shape index (κ1) is 20.2. The number of fused-ring (bicyclic) bond motifs is 1. The summed E-state index contributed by atoms with van der Waals surface area (Å²) in [5.74, 6) is 2.36. The molecule has 5 fully saturated rings. The number of aromatic nitrogens is 5. The van der Waals surface area contributed by atoms with Gasteiger partial charge in [0.05, 0.1) is 18.0 Å². The molecule has 2 bridgehead atoms. The molecule has 10 nitrogen and oxygen atoms in total. The minimum absolute atomic E-state index is 0.00269. The first-order chi connectivity index (χ1) is 16.6. The van der Waals surface area contributed by atoms with E-state index in [2.05, 4.69) is 37.0 Å². The van der Waals surface area contributed by atoms with Gasteiger partial charge in [-0.15, -0.1) is 0 Å². The lowest BCUT2D eigenvalue weighted by Gasteiger charge is -2.61. The van der Waals surface area contributed by atoms with Gasteiger partial charge in [-0.3, -0.25) is 5.10 Å². The van der Waals surface area contributed by atoms with E-state index in [1.54, 1.807) is 12.3 Å². The highest BCUT2D eigenvalue weighted by Gasteiger charge is 2.58. The molecule has 0 aromatic carbocycles. The predicted molar refractivity (Wildman–Crippen MR) is 119 cm³/mol. The molecule has 3 atom stereocenters. The molecule has 8 rings (SSSR count). The van der Waals surface area contributed by atoms with Crippen LogP contribution in [0.25, 0.3) is 5.52 Å². The van der Waals surface area contributed by atoms with Crippen molar-refractivity contribution in [3.05, 3.63) is 35.9 Å². The lowest BCUT2D eigenvalue weighted by Crippen LogP contribution is -2.68. The molecule has 4 heterocycles. The monoisotopic (exact) mass is 467 g/mol. The Hall–Kier alpha value is -3.21. The molecule has 5 aliphatic rings. The minimum atomic E-state index is -1.49. The number of ether oxygens (including phenoxy) is 2. The van der Waals surface area contributed by atoms with Crippen LogP contribution in [0.5, 0.6) is 0 Å². The zero-order chi connectivity index (χ0) is 22.9. The molecule has 4 aliphatic carbocycles. The van der Waals surface area contributed by atoms with E-state index in [-0.39, 0.29) is 12.1 Å². The van der Waals surface area contributed by atoms with Gasteiger partial charge in [-0.25, -0.2) is 18.7 Å². The smallest absolute Gasteiger partial charge is 0.408 e. The SMILES string of the molecule is O=C(NC12CC(C1)C2)O[C@H]1CO[C@@H](c2cc(Nc3nccn4nc(C5CCC5)cc34)n[nH]2)[C@H]1F. The lowest BCUT2D eigenvalue weighted by molar-refractivity contribution is -0.0528. The maximum absolute atomic E-state index is 15.1. The predicted octanol–water partition coefficient (Wildman–Crippen LogP) is 3.52. The van der Waals surface area contributed by atoms with Gasteiger partial charge in [0, 0.05) is 29.9 Å². The number of rotatable bonds is 6. The molecular formula is C23H26FN7O3. The van der Waals surface area contributed by atoms with Gasteiger partial charge < -0.3 is 20.1 Å².